The van der Waals surface area contributed by atoms with Crippen molar-refractivity contribution in [1.82, 2.24) is 0 Å². The van der Waals surface area contributed by atoms with Crippen LogP contribution in [0.1, 0.15) is 11.1 Å². The Hall–Kier alpha value is -1.000. The van der Waals surface area contributed by atoms with Crippen molar-refractivity contribution >= 4 is 52.0 Å². The van der Waals surface area contributed by atoms with Gasteiger partial charge in [0.1, 0.15) is 17.3 Å². The largest absolute Gasteiger partial charge is 0.489 e. The molecule has 0 saturated carbocycles. The standard InChI is InChI=1S/C14H10Cl3NOS/c15-11-3-1-2-8(13(11)17)7-19-9-4-5-10(14(18)20)12(16)6-9/h1-6H,7H2,(H2,18,20). The van der Waals surface area contributed by atoms with E-state index in [1.807, 2.05) is 12.1 Å². The highest BCUT2D eigenvalue weighted by atomic mass is 35.5. The topological polar surface area (TPSA) is 35.2 Å². The summed E-state index contributed by atoms with van der Waals surface area (Å²) in [6.45, 7) is 0.294. The van der Waals surface area contributed by atoms with Gasteiger partial charge in [-0.2, -0.15) is 0 Å². The maximum absolute atomic E-state index is 6.09. The number of hydrogen-bond donors (Lipinski definition) is 1. The van der Waals surface area contributed by atoms with Gasteiger partial charge in [-0.3, -0.25) is 0 Å². The van der Waals surface area contributed by atoms with Gasteiger partial charge in [0.2, 0.25) is 0 Å². The van der Waals surface area contributed by atoms with Crippen LogP contribution in [0.25, 0.3) is 0 Å². The molecular weight excluding hydrogens is 337 g/mol. The lowest BCUT2D eigenvalue weighted by atomic mass is 10.2. The van der Waals surface area contributed by atoms with E-state index < -0.39 is 0 Å². The van der Waals surface area contributed by atoms with Crippen molar-refractivity contribution in [2.24, 2.45) is 5.73 Å². The summed E-state index contributed by atoms with van der Waals surface area (Å²) in [6, 6.07) is 10.5. The first-order valence-electron chi connectivity index (χ1n) is 5.64. The van der Waals surface area contributed by atoms with Gasteiger partial charge in [0, 0.05) is 11.1 Å². The Morgan fingerprint density at radius 3 is 2.50 bits per heavy atom. The van der Waals surface area contributed by atoms with E-state index in [9.17, 15) is 0 Å². The molecule has 0 aromatic heterocycles. The molecule has 0 aliphatic carbocycles. The zero-order valence-electron chi connectivity index (χ0n) is 10.2. The fraction of sp³-hybridized carbons (Fsp3) is 0.0714. The molecule has 2 nitrogen and oxygen atoms in total. The predicted octanol–water partition coefficient (Wildman–Crippen LogP) is 4.86. The van der Waals surface area contributed by atoms with E-state index in [1.54, 1.807) is 24.3 Å². The summed E-state index contributed by atoms with van der Waals surface area (Å²) >= 11 is 23.0. The van der Waals surface area contributed by atoms with E-state index in [4.69, 9.17) is 57.5 Å². The summed E-state index contributed by atoms with van der Waals surface area (Å²) in [5.74, 6) is 0.603. The summed E-state index contributed by atoms with van der Waals surface area (Å²) < 4.78 is 5.63. The van der Waals surface area contributed by atoms with Gasteiger partial charge >= 0.3 is 0 Å². The molecule has 0 aliphatic rings. The van der Waals surface area contributed by atoms with E-state index in [2.05, 4.69) is 0 Å². The van der Waals surface area contributed by atoms with Crippen molar-refractivity contribution in [2.45, 2.75) is 6.61 Å². The second kappa shape index (κ2) is 6.64. The van der Waals surface area contributed by atoms with Crippen LogP contribution in [0, 0.1) is 0 Å². The maximum Gasteiger partial charge on any atom is 0.121 e. The molecule has 2 aromatic rings. The van der Waals surface area contributed by atoms with Crippen molar-refractivity contribution in [3.05, 3.63) is 62.6 Å². The number of nitrogens with two attached hydrogens (primary N) is 1. The van der Waals surface area contributed by atoms with Gasteiger partial charge in [-0.25, -0.2) is 0 Å². The maximum atomic E-state index is 6.09. The second-order valence-electron chi connectivity index (χ2n) is 4.01. The Kier molecular flexibility index (Phi) is 5.11. The fourth-order valence-corrected chi connectivity index (χ4v) is 2.49. The third-order valence-electron chi connectivity index (χ3n) is 2.63. The van der Waals surface area contributed by atoms with Crippen LogP contribution in [0.15, 0.2) is 36.4 Å². The van der Waals surface area contributed by atoms with Crippen LogP contribution in [0.5, 0.6) is 5.75 Å². The molecular formula is C14H10Cl3NOS. The minimum absolute atomic E-state index is 0.249. The Labute approximate surface area is 137 Å². The van der Waals surface area contributed by atoms with Gasteiger partial charge in [-0.1, -0.05) is 59.2 Å². The molecule has 0 bridgehead atoms. The van der Waals surface area contributed by atoms with E-state index >= 15 is 0 Å². The fourth-order valence-electron chi connectivity index (χ4n) is 1.61. The van der Waals surface area contributed by atoms with Crippen molar-refractivity contribution in [1.29, 1.82) is 0 Å². The number of thiocarbonyl (C=S) groups is 1. The molecule has 0 amide bonds. The normalized spacial score (nSPS) is 10.3. The average molecular weight is 347 g/mol. The summed E-state index contributed by atoms with van der Waals surface area (Å²) in [5.41, 5.74) is 6.96. The zero-order valence-corrected chi connectivity index (χ0v) is 13.3. The lowest BCUT2D eigenvalue weighted by Crippen LogP contribution is -2.09. The third-order valence-corrected chi connectivity index (χ3v) is 4.02. The molecule has 0 unspecified atom stereocenters. The lowest BCUT2D eigenvalue weighted by molar-refractivity contribution is 0.306. The smallest absolute Gasteiger partial charge is 0.121 e. The molecule has 0 atom stereocenters. The van der Waals surface area contributed by atoms with Crippen LogP contribution < -0.4 is 10.5 Å². The highest BCUT2D eigenvalue weighted by molar-refractivity contribution is 7.80. The number of hydrogen-bond acceptors (Lipinski definition) is 2. The van der Waals surface area contributed by atoms with Gasteiger partial charge in [-0.15, -0.1) is 0 Å². The third kappa shape index (κ3) is 3.55. The molecule has 2 rings (SSSR count). The molecule has 2 N–H and O–H groups in total. The monoisotopic (exact) mass is 345 g/mol. The van der Waals surface area contributed by atoms with Crippen LogP contribution in [0.3, 0.4) is 0 Å². The summed E-state index contributed by atoms with van der Waals surface area (Å²) in [5, 5.41) is 1.43. The van der Waals surface area contributed by atoms with E-state index in [0.29, 0.717) is 33.0 Å². The molecule has 0 radical (unpaired) electrons. The minimum atomic E-state index is 0.249. The molecule has 0 saturated heterocycles. The first-order chi connectivity index (χ1) is 9.49. The predicted molar refractivity (Wildman–Crippen MR) is 88.1 cm³/mol. The molecule has 0 fully saturated rings. The highest BCUT2D eigenvalue weighted by Gasteiger charge is 2.07. The molecule has 0 heterocycles. The lowest BCUT2D eigenvalue weighted by Gasteiger charge is -2.10. The minimum Gasteiger partial charge on any atom is -0.489 e. The SMILES string of the molecule is NC(=S)c1ccc(OCc2cccc(Cl)c2Cl)cc1Cl. The average Bonchev–Trinajstić information content (AvgIpc) is 2.40. The van der Waals surface area contributed by atoms with Gasteiger partial charge in [0.25, 0.3) is 0 Å². The van der Waals surface area contributed by atoms with Gasteiger partial charge in [-0.05, 0) is 24.3 Å². The summed E-state index contributed by atoms with van der Waals surface area (Å²) in [7, 11) is 0. The molecule has 2 aromatic carbocycles. The van der Waals surface area contributed by atoms with Crippen molar-refractivity contribution < 1.29 is 4.74 Å². The Bertz CT molecular complexity index is 661. The van der Waals surface area contributed by atoms with Crippen LogP contribution in [0.2, 0.25) is 15.1 Å². The number of ether oxygens (including phenoxy) is 1. The molecule has 0 spiro atoms. The van der Waals surface area contributed by atoms with E-state index in [-0.39, 0.29) is 4.99 Å². The molecule has 20 heavy (non-hydrogen) atoms. The van der Waals surface area contributed by atoms with E-state index in [1.165, 1.54) is 0 Å². The van der Waals surface area contributed by atoms with Crippen molar-refractivity contribution in [3.63, 3.8) is 0 Å². The van der Waals surface area contributed by atoms with Gasteiger partial charge in [0.05, 0.1) is 15.1 Å². The Morgan fingerprint density at radius 1 is 1.10 bits per heavy atom. The highest BCUT2D eigenvalue weighted by Crippen LogP contribution is 2.28. The number of benzene rings is 2. The molecule has 6 heteroatoms. The second-order valence-corrected chi connectivity index (χ2v) is 5.64. The van der Waals surface area contributed by atoms with E-state index in [0.717, 1.165) is 5.56 Å². The summed E-state index contributed by atoms with van der Waals surface area (Å²) in [4.78, 5) is 0.249. The van der Waals surface area contributed by atoms with Crippen LogP contribution in [-0.4, -0.2) is 4.99 Å². The first kappa shape index (κ1) is 15.4. The van der Waals surface area contributed by atoms with Crippen LogP contribution in [0.4, 0.5) is 0 Å². The van der Waals surface area contributed by atoms with Crippen molar-refractivity contribution in [3.8, 4) is 5.75 Å². The van der Waals surface area contributed by atoms with Crippen LogP contribution >= 0.6 is 47.0 Å². The van der Waals surface area contributed by atoms with Crippen molar-refractivity contribution in [2.75, 3.05) is 0 Å². The first-order valence-corrected chi connectivity index (χ1v) is 7.18. The molecule has 104 valence electrons. The number of halogens is 3. The zero-order chi connectivity index (χ0) is 14.7. The summed E-state index contributed by atoms with van der Waals surface area (Å²) in [6.07, 6.45) is 0. The quantitative estimate of drug-likeness (QED) is 0.803. The van der Waals surface area contributed by atoms with Gasteiger partial charge < -0.3 is 10.5 Å². The Morgan fingerprint density at radius 2 is 1.85 bits per heavy atom. The Balaban J connectivity index is 2.13. The van der Waals surface area contributed by atoms with Crippen LogP contribution in [-0.2, 0) is 6.61 Å². The molecule has 0 aliphatic heterocycles. The van der Waals surface area contributed by atoms with Gasteiger partial charge in [0.15, 0.2) is 0 Å². The number of rotatable bonds is 4.